The van der Waals surface area contributed by atoms with Crippen LogP contribution in [0, 0.1) is 12.8 Å². The van der Waals surface area contributed by atoms with Crippen LogP contribution in [-0.2, 0) is 16.1 Å². The van der Waals surface area contributed by atoms with E-state index >= 15 is 0 Å². The minimum Gasteiger partial charge on any atom is -0.373 e. The summed E-state index contributed by atoms with van der Waals surface area (Å²) in [5, 5.41) is 9.50. The summed E-state index contributed by atoms with van der Waals surface area (Å²) >= 11 is 0. The van der Waals surface area contributed by atoms with Crippen LogP contribution in [0.3, 0.4) is 0 Å². The predicted molar refractivity (Wildman–Crippen MR) is 157 cm³/mol. The summed E-state index contributed by atoms with van der Waals surface area (Å²) in [6.45, 7) is 7.56. The van der Waals surface area contributed by atoms with Crippen LogP contribution in [-0.4, -0.2) is 56.4 Å². The van der Waals surface area contributed by atoms with Crippen molar-refractivity contribution in [1.82, 2.24) is 30.0 Å². The van der Waals surface area contributed by atoms with Crippen molar-refractivity contribution in [2.24, 2.45) is 5.92 Å². The van der Waals surface area contributed by atoms with Crippen molar-refractivity contribution in [2.75, 3.05) is 18.5 Å². The van der Waals surface area contributed by atoms with E-state index in [0.29, 0.717) is 31.3 Å². The van der Waals surface area contributed by atoms with Crippen LogP contribution in [0.5, 0.6) is 0 Å². The van der Waals surface area contributed by atoms with Gasteiger partial charge in [0.05, 0.1) is 5.69 Å². The molecular weight excluding hydrogens is 518 g/mol. The quantitative estimate of drug-likeness (QED) is 0.225. The van der Waals surface area contributed by atoms with Crippen molar-refractivity contribution in [1.29, 1.82) is 0 Å². The second kappa shape index (κ2) is 13.0. The second-order valence-electron chi connectivity index (χ2n) is 10.7. The maximum atomic E-state index is 12.9. The molecule has 1 saturated carbocycles. The molecule has 0 radical (unpaired) electrons. The van der Waals surface area contributed by atoms with E-state index < -0.39 is 0 Å². The van der Waals surface area contributed by atoms with E-state index in [4.69, 9.17) is 4.74 Å². The van der Waals surface area contributed by atoms with Gasteiger partial charge >= 0.3 is 0 Å². The highest BCUT2D eigenvalue weighted by atomic mass is 16.5. The lowest BCUT2D eigenvalue weighted by Gasteiger charge is -2.36. The Hall–Kier alpha value is -4.15. The first-order valence-corrected chi connectivity index (χ1v) is 14.2. The summed E-state index contributed by atoms with van der Waals surface area (Å²) < 4.78 is 7.50. The molecule has 10 heteroatoms. The van der Waals surface area contributed by atoms with Gasteiger partial charge in [-0.3, -0.25) is 9.59 Å². The van der Waals surface area contributed by atoms with Crippen LogP contribution < -0.4 is 16.0 Å². The van der Waals surface area contributed by atoms with Crippen molar-refractivity contribution in [3.63, 3.8) is 0 Å². The third-order valence-corrected chi connectivity index (χ3v) is 7.20. The predicted octanol–water partition coefficient (Wildman–Crippen LogP) is 4.15. The lowest BCUT2D eigenvalue weighted by atomic mass is 9.79. The Morgan fingerprint density at radius 3 is 2.68 bits per heavy atom. The number of fused-ring (bicyclic) bond motifs is 1. The third-order valence-electron chi connectivity index (χ3n) is 7.20. The number of carbonyl (C=O) groups excluding carboxylic acids is 2. The number of hydrogen-bond donors (Lipinski definition) is 3. The van der Waals surface area contributed by atoms with Gasteiger partial charge in [-0.25, -0.2) is 15.0 Å². The smallest absolute Gasteiger partial charge is 0.269 e. The number of hydrogen-bond acceptors (Lipinski definition) is 7. The first-order valence-electron chi connectivity index (χ1n) is 14.2. The summed E-state index contributed by atoms with van der Waals surface area (Å²) in [6.07, 6.45) is 10.0. The molecule has 0 saturated heterocycles. The van der Waals surface area contributed by atoms with Gasteiger partial charge in [0.25, 0.3) is 5.91 Å². The molecule has 0 spiro atoms. The van der Waals surface area contributed by atoms with Gasteiger partial charge in [0.15, 0.2) is 5.82 Å². The Morgan fingerprint density at radius 1 is 1.12 bits per heavy atom. The van der Waals surface area contributed by atoms with Crippen molar-refractivity contribution >= 4 is 23.0 Å². The Morgan fingerprint density at radius 2 is 1.93 bits per heavy atom. The van der Waals surface area contributed by atoms with Crippen LogP contribution in [0.1, 0.15) is 55.1 Å². The molecule has 4 aromatic heterocycles. The Kier molecular flexibility index (Phi) is 9.01. The Balaban J connectivity index is 1.08. The van der Waals surface area contributed by atoms with Crippen molar-refractivity contribution in [2.45, 2.75) is 58.7 Å². The van der Waals surface area contributed by atoms with Crippen LogP contribution in [0.4, 0.5) is 5.69 Å². The largest absolute Gasteiger partial charge is 0.373 e. The van der Waals surface area contributed by atoms with Gasteiger partial charge in [-0.2, -0.15) is 0 Å². The normalized spacial score (nSPS) is 17.1. The van der Waals surface area contributed by atoms with E-state index in [1.54, 1.807) is 6.07 Å². The number of amides is 2. The number of ether oxygens (including phenoxy) is 1. The summed E-state index contributed by atoms with van der Waals surface area (Å²) in [6, 6.07) is 11.8. The monoisotopic (exact) mass is 555 g/mol. The molecule has 0 aromatic carbocycles. The number of anilines is 1. The molecule has 3 N–H and O–H groups in total. The fourth-order valence-corrected chi connectivity index (χ4v) is 4.92. The number of nitrogens with zero attached hydrogens (tertiary/aromatic N) is 4. The van der Waals surface area contributed by atoms with Crippen molar-refractivity contribution in [3.05, 3.63) is 78.4 Å². The van der Waals surface area contributed by atoms with Gasteiger partial charge in [-0.15, -0.1) is 0 Å². The molecule has 2 amide bonds. The average Bonchev–Trinajstić information content (AvgIpc) is 3.35. The molecular formula is C31H37N7O3. The number of carbonyl (C=O) groups is 2. The van der Waals surface area contributed by atoms with Crippen LogP contribution in [0.25, 0.3) is 16.6 Å². The second-order valence-corrected chi connectivity index (χ2v) is 10.7. The highest BCUT2D eigenvalue weighted by Gasteiger charge is 2.35. The number of nitrogens with one attached hydrogen (secondary N) is 3. The van der Waals surface area contributed by atoms with E-state index in [-0.39, 0.29) is 29.8 Å². The topological polar surface area (TPSA) is 123 Å². The van der Waals surface area contributed by atoms with Gasteiger partial charge in [0.2, 0.25) is 5.91 Å². The van der Waals surface area contributed by atoms with Crippen LogP contribution >= 0.6 is 0 Å². The minimum absolute atomic E-state index is 0.0277. The molecule has 1 atom stereocenters. The maximum absolute atomic E-state index is 12.9. The van der Waals surface area contributed by atoms with E-state index in [2.05, 4.69) is 43.9 Å². The van der Waals surface area contributed by atoms with E-state index in [9.17, 15) is 9.59 Å². The minimum atomic E-state index is -0.181. The van der Waals surface area contributed by atoms with Crippen molar-refractivity contribution < 1.29 is 14.3 Å². The SMILES string of the molecule is CCCOCc1ncc(-c2ccn3cc(NC(=O)C4CC(N[C@@H](C)CNC(=O)c5cccc(C)n5)C4)cc3c2)cn1. The molecule has 4 aromatic rings. The molecule has 0 unspecified atom stereocenters. The van der Waals surface area contributed by atoms with Gasteiger partial charge in [-0.1, -0.05) is 13.0 Å². The summed E-state index contributed by atoms with van der Waals surface area (Å²) in [4.78, 5) is 38.3. The lowest BCUT2D eigenvalue weighted by Crippen LogP contribution is -2.51. The first kappa shape index (κ1) is 28.4. The van der Waals surface area contributed by atoms with E-state index in [1.807, 2.05) is 67.3 Å². The highest BCUT2D eigenvalue weighted by molar-refractivity contribution is 5.94. The molecule has 214 valence electrons. The molecule has 10 nitrogen and oxygen atoms in total. The van der Waals surface area contributed by atoms with E-state index in [1.165, 1.54) is 0 Å². The zero-order chi connectivity index (χ0) is 28.8. The lowest BCUT2D eigenvalue weighted by molar-refractivity contribution is -0.123. The number of rotatable bonds is 12. The average molecular weight is 556 g/mol. The molecule has 5 rings (SSSR count). The third kappa shape index (κ3) is 7.33. The van der Waals surface area contributed by atoms with Gasteiger partial charge in [-0.05, 0) is 69.0 Å². The molecule has 1 aliphatic carbocycles. The van der Waals surface area contributed by atoms with Crippen LogP contribution in [0.15, 0.2) is 61.2 Å². The molecule has 1 aliphatic rings. The number of pyridine rings is 2. The number of aryl methyl sites for hydroxylation is 1. The summed E-state index contributed by atoms with van der Waals surface area (Å²) in [5.74, 6) is 0.474. The fourth-order valence-electron chi connectivity index (χ4n) is 4.92. The zero-order valence-electron chi connectivity index (χ0n) is 23.8. The highest BCUT2D eigenvalue weighted by Crippen LogP contribution is 2.30. The molecule has 0 bridgehead atoms. The van der Waals surface area contributed by atoms with Gasteiger partial charge in [0.1, 0.15) is 12.3 Å². The Bertz CT molecular complexity index is 1500. The first-order chi connectivity index (χ1) is 19.9. The van der Waals surface area contributed by atoms with E-state index in [0.717, 1.165) is 47.3 Å². The summed E-state index contributed by atoms with van der Waals surface area (Å²) in [5.41, 5.74) is 4.89. The van der Waals surface area contributed by atoms with Crippen molar-refractivity contribution in [3.8, 4) is 11.1 Å². The summed E-state index contributed by atoms with van der Waals surface area (Å²) in [7, 11) is 0. The zero-order valence-corrected chi connectivity index (χ0v) is 23.8. The maximum Gasteiger partial charge on any atom is 0.269 e. The number of aromatic nitrogens is 4. The standard InChI is InChI=1S/C31H37N7O3/c1-4-10-41-19-29-32-16-24(17-33-29)22-8-9-38-18-26(14-27(38)13-22)37-30(39)23-11-25(12-23)35-21(3)15-34-31(40)28-7-5-6-20(2)36-28/h5-9,13-14,16-18,21,23,25,35H,4,10-12,15,19H2,1-3H3,(H,34,40)(H,37,39)/t21-,23?,25?/m0/s1. The molecule has 4 heterocycles. The molecule has 1 fully saturated rings. The fraction of sp³-hybridized carbons (Fsp3) is 0.387. The molecule has 41 heavy (non-hydrogen) atoms. The van der Waals surface area contributed by atoms with Gasteiger partial charge < -0.3 is 25.1 Å². The Labute approximate surface area is 240 Å². The van der Waals surface area contributed by atoms with Gasteiger partial charge in [0, 0.05) is 72.7 Å². The molecule has 0 aliphatic heterocycles. The van der Waals surface area contributed by atoms with Crippen LogP contribution in [0.2, 0.25) is 0 Å².